The second-order valence-electron chi connectivity index (χ2n) is 36.5. The summed E-state index contributed by atoms with van der Waals surface area (Å²) < 4.78 is 29.6. The Bertz CT molecular complexity index is 2480. The van der Waals surface area contributed by atoms with Gasteiger partial charge in [-0.15, -0.1) is 0 Å². The van der Waals surface area contributed by atoms with Crippen LogP contribution in [0.4, 0.5) is 0 Å². The molecule has 10 rings (SSSR count). The largest absolute Gasteiger partial charge is 0.462 e. The Kier molecular flexibility index (Phi) is 48.9. The first kappa shape index (κ1) is 107. The van der Waals surface area contributed by atoms with Gasteiger partial charge in [0.1, 0.15) is 28.5 Å². The SMILES string of the molecule is C.C.C.C.C.C.C.C.CCC1CC(CC)C(C(C)(O)CC(=O)OC2(C(C)C)CCCC2)C1.CCC1CC(CC)C(C(CC(=O)OC2(CC)CCCC2)OC(C)=O)C1.CCC1CC(CC)C(CC(C)(O)CC(=O)OC2(C3CCCC3)CCCC2)C1.CCC1CC(CC)C(CC(O)CC(=O)OC2(C)CC3CCC2C3)C1. The van der Waals surface area contributed by atoms with Crippen LogP contribution in [0.15, 0.2) is 0 Å². The summed E-state index contributed by atoms with van der Waals surface area (Å²) in [6.07, 6.45) is 43.6. The summed E-state index contributed by atoms with van der Waals surface area (Å²) in [6.45, 7) is 31.6. The van der Waals surface area contributed by atoms with Crippen molar-refractivity contribution in [2.45, 2.75) is 485 Å². The normalized spacial score (nSPS) is 31.7. The van der Waals surface area contributed by atoms with Crippen LogP contribution in [0.5, 0.6) is 0 Å². The molecule has 0 amide bonds. The predicted octanol–water partition coefficient (Wildman–Crippen LogP) is 26.0. The maximum absolute atomic E-state index is 12.8. The summed E-state index contributed by atoms with van der Waals surface area (Å²) in [4.78, 5) is 62.1. The zero-order valence-corrected chi connectivity index (χ0v) is 66.7. The smallest absolute Gasteiger partial charge is 0.310 e. The lowest BCUT2D eigenvalue weighted by Gasteiger charge is -2.37. The summed E-state index contributed by atoms with van der Waals surface area (Å²) >= 11 is 0. The molecule has 0 heterocycles. The maximum Gasteiger partial charge on any atom is 0.310 e. The highest BCUT2D eigenvalue weighted by Gasteiger charge is 2.52. The topological polar surface area (TPSA) is 192 Å². The third-order valence-electron chi connectivity index (χ3n) is 29.2. The molecule has 0 radical (unpaired) electrons. The van der Waals surface area contributed by atoms with E-state index in [0.29, 0.717) is 59.2 Å². The van der Waals surface area contributed by atoms with E-state index in [0.717, 1.165) is 146 Å². The molecular weight excluding hydrogens is 1350 g/mol. The van der Waals surface area contributed by atoms with Crippen molar-refractivity contribution in [1.82, 2.24) is 0 Å². The molecule has 10 aliphatic rings. The van der Waals surface area contributed by atoms with Crippen molar-refractivity contribution < 1.29 is 63.0 Å². The molecule has 0 saturated heterocycles. The molecule has 3 N–H and O–H groups in total. The van der Waals surface area contributed by atoms with Crippen LogP contribution in [0.3, 0.4) is 0 Å². The van der Waals surface area contributed by atoms with Gasteiger partial charge in [0.05, 0.1) is 43.0 Å². The number of esters is 5. The van der Waals surface area contributed by atoms with E-state index in [4.69, 9.17) is 23.7 Å². The fraction of sp³-hybridized carbons (Fsp3) is 0.947. The van der Waals surface area contributed by atoms with E-state index in [2.05, 4.69) is 83.1 Å². The molecule has 13 heteroatoms. The first-order valence-electron chi connectivity index (χ1n) is 42.6. The van der Waals surface area contributed by atoms with Crippen molar-refractivity contribution in [1.29, 1.82) is 0 Å². The Morgan fingerprint density at radius 1 is 0.463 bits per heavy atom. The van der Waals surface area contributed by atoms with E-state index < -0.39 is 17.3 Å². The Morgan fingerprint density at radius 2 is 0.926 bits per heavy atom. The third kappa shape index (κ3) is 29.5. The summed E-state index contributed by atoms with van der Waals surface area (Å²) in [7, 11) is 0. The molecule has 10 fully saturated rings. The van der Waals surface area contributed by atoms with Gasteiger partial charge < -0.3 is 39.0 Å². The molecule has 0 aromatic rings. The van der Waals surface area contributed by atoms with Gasteiger partial charge in [0, 0.05) is 6.92 Å². The molecule has 19 unspecified atom stereocenters. The van der Waals surface area contributed by atoms with Gasteiger partial charge in [0.2, 0.25) is 0 Å². The predicted molar refractivity (Wildman–Crippen MR) is 454 cm³/mol. The Labute approximate surface area is 669 Å². The molecule has 0 aromatic heterocycles. The second kappa shape index (κ2) is 49.2. The zero-order chi connectivity index (χ0) is 73.2. The average Bonchev–Trinajstić information content (AvgIpc) is 1.62. The van der Waals surface area contributed by atoms with Gasteiger partial charge >= 0.3 is 29.8 Å². The highest BCUT2D eigenvalue weighted by atomic mass is 16.6. The number of carbonyl (C=O) groups is 5. The quantitative estimate of drug-likeness (QED) is 0.0455. The number of aliphatic hydroxyl groups excluding tert-OH is 1. The number of aliphatic hydroxyl groups is 3. The van der Waals surface area contributed by atoms with Gasteiger partial charge in [0.25, 0.3) is 0 Å². The molecule has 10 aliphatic carbocycles. The van der Waals surface area contributed by atoms with E-state index in [1.54, 1.807) is 0 Å². The lowest BCUT2D eigenvalue weighted by molar-refractivity contribution is -0.172. The zero-order valence-electron chi connectivity index (χ0n) is 66.7. The fourth-order valence-electron chi connectivity index (χ4n) is 23.0. The maximum atomic E-state index is 12.8. The summed E-state index contributed by atoms with van der Waals surface area (Å²) in [5.41, 5.74) is -2.92. The lowest BCUT2D eigenvalue weighted by Crippen LogP contribution is -2.43. The minimum Gasteiger partial charge on any atom is -0.462 e. The number of hydrogen-bond donors (Lipinski definition) is 3. The van der Waals surface area contributed by atoms with Crippen LogP contribution in [0.25, 0.3) is 0 Å². The molecule has 2 bridgehead atoms. The summed E-state index contributed by atoms with van der Waals surface area (Å²) in [5, 5.41) is 32.6. The molecule has 0 aromatic carbocycles. The van der Waals surface area contributed by atoms with E-state index in [-0.39, 0.29) is 155 Å². The van der Waals surface area contributed by atoms with Crippen LogP contribution < -0.4 is 0 Å². The van der Waals surface area contributed by atoms with Crippen molar-refractivity contribution in [2.75, 3.05) is 0 Å². The minimum absolute atomic E-state index is 0. The van der Waals surface area contributed by atoms with E-state index in [1.165, 1.54) is 135 Å². The van der Waals surface area contributed by atoms with E-state index in [9.17, 15) is 39.3 Å². The van der Waals surface area contributed by atoms with Crippen LogP contribution >= 0.6 is 0 Å². The molecule has 13 nitrogen and oxygen atoms in total. The molecule has 108 heavy (non-hydrogen) atoms. The van der Waals surface area contributed by atoms with Crippen LogP contribution in [-0.4, -0.2) is 91.0 Å². The molecule has 642 valence electrons. The van der Waals surface area contributed by atoms with Crippen LogP contribution in [0.2, 0.25) is 0 Å². The van der Waals surface area contributed by atoms with Crippen LogP contribution in [-0.2, 0) is 47.7 Å². The standard InChI is InChI=1S/C24H42O3.C21H36O4.C21H36O3.C21H38O3.8CH4/c1-4-18-14-19(5-2)20(15-18)16-23(3,26)17-22(25)27-24(12-8-9-13-24)21-10-6-7-11-21;1-5-16-12-17(6-2)18(13-16)19(24-15(4)22)14-20(23)25-21(7-3)10-8-9-11-21;1-4-14-8-16(5-2)17(9-14)11-19(22)12-20(23)24-21(3)13-15-6-7-18(21)10-15;1-6-16-12-17(7-2)18(13-16)20(5,23)14-19(22)24-21(15(3)4)10-8-9-11-21;;;;;;;;/h18-21,26H,4-17H2,1-3H3;16-19H,5-14H2,1-4H3;14-19,22H,4-13H2,1-3H3;15-18,23H,6-14H2,1-5H3;8*1H4. The van der Waals surface area contributed by atoms with Crippen molar-refractivity contribution in [3.63, 3.8) is 0 Å². The molecule has 10 saturated carbocycles. The van der Waals surface area contributed by atoms with Crippen LogP contribution in [0.1, 0.15) is 439 Å². The van der Waals surface area contributed by atoms with Crippen molar-refractivity contribution in [3.8, 4) is 0 Å². The van der Waals surface area contributed by atoms with Gasteiger partial charge in [0.15, 0.2) is 0 Å². The Balaban J connectivity index is 0. The van der Waals surface area contributed by atoms with Gasteiger partial charge in [-0.25, -0.2) is 0 Å². The summed E-state index contributed by atoms with van der Waals surface area (Å²) in [6, 6.07) is 0. The number of carbonyl (C=O) groups excluding carboxylic acids is 5. The number of hydrogen-bond acceptors (Lipinski definition) is 13. The number of ether oxygens (including phenoxy) is 5. The second-order valence-corrected chi connectivity index (χ2v) is 36.5. The molecule has 0 spiro atoms. The fourth-order valence-corrected chi connectivity index (χ4v) is 23.0. The van der Waals surface area contributed by atoms with Gasteiger partial charge in [-0.2, -0.15) is 0 Å². The van der Waals surface area contributed by atoms with E-state index >= 15 is 0 Å². The number of fused-ring (bicyclic) bond motifs is 2. The highest BCUT2D eigenvalue weighted by molar-refractivity contribution is 5.73. The third-order valence-corrected chi connectivity index (χ3v) is 29.2. The summed E-state index contributed by atoms with van der Waals surface area (Å²) in [5.74, 6) is 8.30. The molecular formula is C95H184O13. The van der Waals surface area contributed by atoms with Gasteiger partial charge in [-0.05, 0) is 302 Å². The number of rotatable bonds is 30. The highest BCUT2D eigenvalue weighted by Crippen LogP contribution is 2.54. The molecule has 19 atom stereocenters. The Morgan fingerprint density at radius 3 is 1.42 bits per heavy atom. The molecule has 0 aliphatic heterocycles. The van der Waals surface area contributed by atoms with Crippen LogP contribution in [0, 0.1) is 94.7 Å². The Hall–Kier alpha value is -2.77. The van der Waals surface area contributed by atoms with Crippen molar-refractivity contribution in [3.05, 3.63) is 0 Å². The van der Waals surface area contributed by atoms with Crippen molar-refractivity contribution in [2.24, 2.45) is 94.7 Å². The lowest BCUT2D eigenvalue weighted by atomic mass is 9.78. The van der Waals surface area contributed by atoms with E-state index in [1.807, 2.05) is 13.8 Å². The average molecular weight is 1530 g/mol. The monoisotopic (exact) mass is 1530 g/mol. The first-order valence-corrected chi connectivity index (χ1v) is 42.6. The van der Waals surface area contributed by atoms with Crippen molar-refractivity contribution >= 4 is 29.8 Å². The van der Waals surface area contributed by atoms with Gasteiger partial charge in [-0.1, -0.05) is 200 Å². The van der Waals surface area contributed by atoms with Gasteiger partial charge in [-0.3, -0.25) is 24.0 Å². The minimum atomic E-state index is -0.946. The first-order chi connectivity index (χ1) is 47.5.